The number of hydrogen-bond donors (Lipinski definition) is 7. The summed E-state index contributed by atoms with van der Waals surface area (Å²) in [7, 11) is -9.85. The number of carbonyl (C=O) groups excluding carboxylic acids is 8. The van der Waals surface area contributed by atoms with Crippen LogP contribution in [0.25, 0.3) is 22.0 Å². The first-order valence-electron chi connectivity index (χ1n) is 43.9. The van der Waals surface area contributed by atoms with Gasteiger partial charge in [-0.15, -0.1) is 0 Å². The third kappa shape index (κ3) is 20.7. The van der Waals surface area contributed by atoms with Crippen molar-refractivity contribution < 1.29 is 133 Å². The molecule has 0 radical (unpaired) electrons. The maximum absolute atomic E-state index is 14.4. The fourth-order valence-corrected chi connectivity index (χ4v) is 20.8. The second-order valence-electron chi connectivity index (χ2n) is 37.5. The number of aromatic nitrogens is 1. The second-order valence-corrected chi connectivity index (χ2v) is 41.1. The number of rotatable bonds is 18. The number of H-pyrrole nitrogens is 1. The number of nitrogens with two attached hydrogens (primary N) is 3. The van der Waals surface area contributed by atoms with Crippen molar-refractivity contribution in [2.45, 2.75) is 103 Å². The standard InChI is InChI=1S/C43H38N2O4.C34H34N2O3.C20H14N2O5S.C14H8BrNO5S.2Na/c1-42(2,3)25-43(4,5)27-20-22-29(23-21-27)49-33-24-32(44-28-16-10-7-11-17-28)35-36-34(30-18-12-13-19-31(30)40(35)47)37(41(48)45-38(33)36)39(46)26-14-8-6-9-15-26;1-33(2,3)20-34(4,5)21-15-17-23(18-16-21)39-27-19-26(36-22-11-7-6-8-12-22)28-29(30(27)35)32(38)25-14-10-9-13-24(25)31(28)37;21-18-15(28(25,26)27)10-14(22-11-6-2-1-3-7-11)16-17(18)20(24)13-9-5-4-8-12(13)19(16)23;15-8-5-9(22(19,20)21)12(16)11-10(8)13(17)6-3-1-2-4-7(6)14(11)18;;/h6-24,44H,25H2,1-5H3,(H,45,48);6-19,36H,20,35H2,1-5H3;1-10,22H,21H2,(H,25,26,27);1-5H,16H2,(H,19,20,21);;/q;;;;2*+1/p-2. The molecular formula is C111H92BrN7Na2O17S2. The van der Waals surface area contributed by atoms with E-state index in [2.05, 4.69) is 130 Å². The molecule has 19 rings (SSSR count). The quantitative estimate of drug-likeness (QED) is 0.0181. The number of aromatic amines is 1. The molecule has 0 unspecified atom stereocenters. The molecular weight excluding hydrogens is 1890 g/mol. The summed E-state index contributed by atoms with van der Waals surface area (Å²) in [5.74, 6) is -1.48. The molecule has 1 heterocycles. The summed E-state index contributed by atoms with van der Waals surface area (Å²) >= 11 is 3.05. The van der Waals surface area contributed by atoms with Gasteiger partial charge in [0.1, 0.15) is 31.7 Å². The largest absolute Gasteiger partial charge is 1.00 e. The van der Waals surface area contributed by atoms with E-state index in [-0.39, 0.29) is 175 Å². The monoisotopic (exact) mass is 1980 g/mol. The van der Waals surface area contributed by atoms with Crippen LogP contribution < -0.4 is 107 Å². The van der Waals surface area contributed by atoms with Crippen molar-refractivity contribution in [3.63, 3.8) is 0 Å². The van der Waals surface area contributed by atoms with Gasteiger partial charge in [-0.05, 0) is 140 Å². The number of para-hydroxylation sites is 3. The van der Waals surface area contributed by atoms with Gasteiger partial charge >= 0.3 is 59.1 Å². The topological polar surface area (TPSA) is 416 Å². The van der Waals surface area contributed by atoms with E-state index >= 15 is 0 Å². The molecule has 0 spiro atoms. The summed E-state index contributed by atoms with van der Waals surface area (Å²) < 4.78 is 81.9. The smallest absolute Gasteiger partial charge is 0.744 e. The normalized spacial score (nSPS) is 12.8. The Morgan fingerprint density at radius 2 is 0.643 bits per heavy atom. The average molecular weight is 1990 g/mol. The number of ketones is 8. The summed E-state index contributed by atoms with van der Waals surface area (Å²) in [6.07, 6.45) is 2.04. The van der Waals surface area contributed by atoms with Crippen LogP contribution in [0, 0.1) is 10.8 Å². The van der Waals surface area contributed by atoms with Gasteiger partial charge in [0.25, 0.3) is 5.56 Å². The molecule has 29 heteroatoms. The molecule has 0 amide bonds. The van der Waals surface area contributed by atoms with E-state index in [1.165, 1.54) is 35.4 Å². The fourth-order valence-electron chi connectivity index (χ4n) is 18.7. The number of anilines is 9. The molecule has 140 heavy (non-hydrogen) atoms. The summed E-state index contributed by atoms with van der Waals surface area (Å²) in [6, 6.07) is 84.1. The van der Waals surface area contributed by atoms with E-state index in [4.69, 9.17) is 26.7 Å². The van der Waals surface area contributed by atoms with Crippen molar-refractivity contribution in [1.29, 1.82) is 0 Å². The van der Waals surface area contributed by atoms with Gasteiger partial charge in [0.15, 0.2) is 57.8 Å². The predicted molar refractivity (Wildman–Crippen MR) is 536 cm³/mol. The number of halogens is 1. The van der Waals surface area contributed by atoms with Crippen LogP contribution >= 0.6 is 15.9 Å². The van der Waals surface area contributed by atoms with E-state index < -0.39 is 75.9 Å². The molecule has 0 bridgehead atoms. The van der Waals surface area contributed by atoms with Gasteiger partial charge in [-0.2, -0.15) is 0 Å². The fraction of sp³-hybridized carbons (Fsp3) is 0.144. The van der Waals surface area contributed by atoms with Gasteiger partial charge in [-0.1, -0.05) is 275 Å². The third-order valence-electron chi connectivity index (χ3n) is 24.1. The third-order valence-corrected chi connectivity index (χ3v) is 26.5. The van der Waals surface area contributed by atoms with E-state index in [1.54, 1.807) is 133 Å². The maximum atomic E-state index is 14.4. The van der Waals surface area contributed by atoms with E-state index in [0.29, 0.717) is 89.9 Å². The number of hydrogen-bond acceptors (Lipinski definition) is 23. The molecule has 1 aromatic heterocycles. The Labute approximate surface area is 861 Å². The van der Waals surface area contributed by atoms with Crippen molar-refractivity contribution in [3.8, 4) is 34.1 Å². The summed E-state index contributed by atoms with van der Waals surface area (Å²) in [5, 5.41) is 10.1. The average Bonchev–Trinajstić information content (AvgIpc) is 0.703. The number of carbonyl (C=O) groups is 8. The number of nitrogens with one attached hydrogen (secondary N) is 4. The van der Waals surface area contributed by atoms with Crippen LogP contribution in [0.5, 0.6) is 23.0 Å². The van der Waals surface area contributed by atoms with E-state index in [1.807, 2.05) is 97.1 Å². The summed E-state index contributed by atoms with van der Waals surface area (Å²) in [4.78, 5) is 123. The van der Waals surface area contributed by atoms with Gasteiger partial charge in [-0.25, -0.2) is 16.8 Å². The zero-order valence-corrected chi connectivity index (χ0v) is 85.7. The van der Waals surface area contributed by atoms with Gasteiger partial charge in [0, 0.05) is 89.1 Å². The maximum Gasteiger partial charge on any atom is 1.00 e. The first-order chi connectivity index (χ1) is 65.4. The van der Waals surface area contributed by atoms with Crippen molar-refractivity contribution >= 4 is 145 Å². The van der Waals surface area contributed by atoms with E-state index in [0.717, 1.165) is 36.3 Å². The molecule has 0 aliphatic heterocycles. The van der Waals surface area contributed by atoms with Crippen LogP contribution in [0.15, 0.2) is 310 Å². The molecule has 15 aromatic rings. The molecule has 4 aliphatic carbocycles. The van der Waals surface area contributed by atoms with Crippen molar-refractivity contribution in [2.75, 3.05) is 33.2 Å². The number of fused-ring (bicyclic) bond motifs is 8. The molecule has 0 atom stereocenters. The molecule has 0 fully saturated rings. The molecule has 14 aromatic carbocycles. The number of pyridine rings is 1. The first kappa shape index (κ1) is 102. The zero-order chi connectivity index (χ0) is 98.7. The minimum absolute atomic E-state index is 0. The van der Waals surface area contributed by atoms with Crippen molar-refractivity contribution in [2.24, 2.45) is 10.8 Å². The Hall–Kier alpha value is -13.7. The van der Waals surface area contributed by atoms with E-state index in [9.17, 15) is 69.1 Å². The van der Waals surface area contributed by atoms with Gasteiger partial charge in [0.05, 0.1) is 93.9 Å². The minimum atomic E-state index is -4.98. The molecule has 0 saturated carbocycles. The number of ether oxygens (including phenoxy) is 2. The molecule has 4 aliphatic rings. The first-order valence-corrected chi connectivity index (χ1v) is 47.5. The van der Waals surface area contributed by atoms with Crippen LogP contribution in [0.3, 0.4) is 0 Å². The minimum Gasteiger partial charge on any atom is -0.744 e. The zero-order valence-electron chi connectivity index (χ0n) is 78.5. The molecule has 10 N–H and O–H groups in total. The van der Waals surface area contributed by atoms with Crippen LogP contribution in [0.2, 0.25) is 0 Å². The molecule has 694 valence electrons. The SMILES string of the molecule is CC(C)(C)CC(C)(C)c1ccc(Oc2cc(Nc3ccccc3)c3c(c2N)C(=O)c2ccccc2C3=O)cc1.CC(C)(C)CC(C)(C)c1ccc(Oc2cc(Nc3ccccc3)c3c4c(c(C(=O)c5ccccc5)c(=O)[nH]c24)-c2ccccc2C3=O)cc1.Nc1c(S(=O)(=O)[O-])cc(Br)c2c1C(=O)c1ccccc1C2=O.Nc1c(S(=O)(=O)[O-])cc(Nc2ccccc2)c2c1C(=O)c1ccccc1C2=O.[Na+].[Na+]. The van der Waals surface area contributed by atoms with Crippen LogP contribution in [-0.4, -0.2) is 77.2 Å². The Balaban J connectivity index is 0.000000154. The van der Waals surface area contributed by atoms with Crippen LogP contribution in [0.1, 0.15) is 221 Å². The van der Waals surface area contributed by atoms with Crippen molar-refractivity contribution in [3.05, 3.63) is 406 Å². The predicted octanol–water partition coefficient (Wildman–Crippen LogP) is 16.9. The second kappa shape index (κ2) is 40.3. The van der Waals surface area contributed by atoms with Crippen LogP contribution in [-0.2, 0) is 31.1 Å². The Kier molecular flexibility index (Phi) is 29.4. The number of nitrogen functional groups attached to an aromatic ring is 3. The molecule has 24 nitrogen and oxygen atoms in total. The van der Waals surface area contributed by atoms with Gasteiger partial charge in [-0.3, -0.25) is 43.2 Å². The molecule has 0 saturated heterocycles. The summed E-state index contributed by atoms with van der Waals surface area (Å²) in [6.45, 7) is 22.5. The summed E-state index contributed by atoms with van der Waals surface area (Å²) in [5.41, 5.74) is 26.1. The Morgan fingerprint density at radius 3 is 1.02 bits per heavy atom. The van der Waals surface area contributed by atoms with Crippen LogP contribution in [0.4, 0.5) is 51.2 Å². The number of benzene rings is 14. The Morgan fingerprint density at radius 1 is 0.350 bits per heavy atom. The Bertz CT molecular complexity index is 7910. The van der Waals surface area contributed by atoms with Gasteiger partial charge < -0.3 is 56.7 Å². The van der Waals surface area contributed by atoms with Crippen molar-refractivity contribution in [1.82, 2.24) is 4.98 Å². The van der Waals surface area contributed by atoms with Gasteiger partial charge in [0.2, 0.25) is 0 Å².